The number of ether oxygens (including phenoxy) is 2. The van der Waals surface area contributed by atoms with E-state index in [1.165, 1.54) is 25.3 Å². The van der Waals surface area contributed by atoms with Crippen LogP contribution in [0.4, 0.5) is 5.69 Å². The van der Waals surface area contributed by atoms with Gasteiger partial charge in [0.15, 0.2) is 0 Å². The van der Waals surface area contributed by atoms with E-state index >= 15 is 0 Å². The minimum Gasteiger partial charge on any atom is -0.507 e. The van der Waals surface area contributed by atoms with Crippen LogP contribution in [0, 0.1) is 6.92 Å². The summed E-state index contributed by atoms with van der Waals surface area (Å²) in [5.74, 6) is -0.815. The summed E-state index contributed by atoms with van der Waals surface area (Å²) in [4.78, 5) is 31.8. The SMILES string of the molecule is COc1ccc(C2/C(=C(/O)c3ccc(C)cc3)C(=O)C(=O)N2c2cccnc2)c(OC)c1. The fourth-order valence-corrected chi connectivity index (χ4v) is 3.80. The normalized spacial score (nSPS) is 17.5. The van der Waals surface area contributed by atoms with Crippen molar-refractivity contribution < 1.29 is 24.2 Å². The molecule has 1 aromatic heterocycles. The van der Waals surface area contributed by atoms with Crippen LogP contribution < -0.4 is 14.4 Å². The molecule has 2 heterocycles. The van der Waals surface area contributed by atoms with Crippen LogP contribution in [-0.2, 0) is 9.59 Å². The molecule has 1 amide bonds. The molecule has 0 bridgehead atoms. The van der Waals surface area contributed by atoms with Gasteiger partial charge in [0.05, 0.1) is 37.7 Å². The average molecular weight is 430 g/mol. The standard InChI is InChI=1S/C25H22N2O5/c1-15-6-8-16(9-7-15)23(28)21-22(19-11-10-18(31-2)13-20(19)32-3)27(25(30)24(21)29)17-5-4-12-26-14-17/h4-14,22,28H,1-3H3/b23-21-. The fraction of sp³-hybridized carbons (Fsp3) is 0.160. The Kier molecular flexibility index (Phi) is 5.64. The molecule has 1 unspecified atom stereocenters. The summed E-state index contributed by atoms with van der Waals surface area (Å²) in [6, 6.07) is 14.6. The zero-order valence-corrected chi connectivity index (χ0v) is 17.9. The average Bonchev–Trinajstić information content (AvgIpc) is 3.09. The molecule has 3 aromatic rings. The number of hydrogen-bond acceptors (Lipinski definition) is 6. The predicted octanol–water partition coefficient (Wildman–Crippen LogP) is 4.03. The number of anilines is 1. The summed E-state index contributed by atoms with van der Waals surface area (Å²) in [6.07, 6.45) is 3.08. The van der Waals surface area contributed by atoms with E-state index in [4.69, 9.17) is 9.47 Å². The van der Waals surface area contributed by atoms with Gasteiger partial charge in [-0.2, -0.15) is 0 Å². The summed E-state index contributed by atoms with van der Waals surface area (Å²) in [7, 11) is 3.03. The van der Waals surface area contributed by atoms with Crippen LogP contribution in [0.15, 0.2) is 72.6 Å². The van der Waals surface area contributed by atoms with Gasteiger partial charge in [-0.15, -0.1) is 0 Å². The molecule has 1 N–H and O–H groups in total. The molecule has 0 aliphatic carbocycles. The number of benzene rings is 2. The first-order chi connectivity index (χ1) is 15.5. The second-order valence-corrected chi connectivity index (χ2v) is 7.35. The Bertz CT molecular complexity index is 1200. The van der Waals surface area contributed by atoms with Gasteiger partial charge in [0.2, 0.25) is 0 Å². The van der Waals surface area contributed by atoms with Gasteiger partial charge in [-0.3, -0.25) is 19.5 Å². The van der Waals surface area contributed by atoms with E-state index in [9.17, 15) is 14.7 Å². The first-order valence-corrected chi connectivity index (χ1v) is 9.96. The summed E-state index contributed by atoms with van der Waals surface area (Å²) >= 11 is 0. The largest absolute Gasteiger partial charge is 0.507 e. The van der Waals surface area contributed by atoms with Crippen molar-refractivity contribution in [3.8, 4) is 11.5 Å². The molecule has 4 rings (SSSR count). The molecule has 32 heavy (non-hydrogen) atoms. The molecule has 0 saturated carbocycles. The zero-order valence-electron chi connectivity index (χ0n) is 17.9. The molecule has 1 aliphatic heterocycles. The van der Waals surface area contributed by atoms with E-state index in [0.717, 1.165) is 5.56 Å². The number of pyridine rings is 1. The van der Waals surface area contributed by atoms with Gasteiger partial charge in [-0.05, 0) is 31.2 Å². The summed E-state index contributed by atoms with van der Waals surface area (Å²) < 4.78 is 10.8. The van der Waals surface area contributed by atoms with E-state index in [1.54, 1.807) is 48.7 Å². The van der Waals surface area contributed by atoms with Crippen molar-refractivity contribution in [3.63, 3.8) is 0 Å². The molecular weight excluding hydrogens is 408 g/mol. The highest BCUT2D eigenvalue weighted by atomic mass is 16.5. The molecule has 2 aromatic carbocycles. The van der Waals surface area contributed by atoms with Crippen LogP contribution >= 0.6 is 0 Å². The number of aliphatic hydroxyl groups is 1. The van der Waals surface area contributed by atoms with Crippen molar-refractivity contribution in [2.45, 2.75) is 13.0 Å². The van der Waals surface area contributed by atoms with Crippen molar-refractivity contribution in [3.05, 3.63) is 89.3 Å². The van der Waals surface area contributed by atoms with Crippen LogP contribution in [0.2, 0.25) is 0 Å². The van der Waals surface area contributed by atoms with Gasteiger partial charge < -0.3 is 14.6 Å². The Morgan fingerprint density at radius 2 is 1.78 bits per heavy atom. The van der Waals surface area contributed by atoms with E-state index < -0.39 is 17.7 Å². The molecule has 7 nitrogen and oxygen atoms in total. The van der Waals surface area contributed by atoms with Gasteiger partial charge in [0.25, 0.3) is 11.7 Å². The quantitative estimate of drug-likeness (QED) is 0.373. The third-order valence-corrected chi connectivity index (χ3v) is 5.43. The number of carbonyl (C=O) groups is 2. The Hall–Kier alpha value is -4.13. The number of aromatic nitrogens is 1. The molecular formula is C25H22N2O5. The summed E-state index contributed by atoms with van der Waals surface area (Å²) in [5.41, 5.74) is 2.39. The number of nitrogens with zero attached hydrogens (tertiary/aromatic N) is 2. The van der Waals surface area contributed by atoms with E-state index in [-0.39, 0.29) is 11.3 Å². The molecule has 1 saturated heterocycles. The molecule has 1 aliphatic rings. The first kappa shape index (κ1) is 21.1. The second-order valence-electron chi connectivity index (χ2n) is 7.35. The number of rotatable bonds is 5. The van der Waals surface area contributed by atoms with E-state index in [1.807, 2.05) is 19.1 Å². The lowest BCUT2D eigenvalue weighted by molar-refractivity contribution is -0.132. The Morgan fingerprint density at radius 1 is 1.03 bits per heavy atom. The number of methoxy groups -OCH3 is 2. The van der Waals surface area contributed by atoms with Gasteiger partial charge in [0, 0.05) is 23.4 Å². The first-order valence-electron chi connectivity index (χ1n) is 9.96. The number of carbonyl (C=O) groups excluding carboxylic acids is 2. The smallest absolute Gasteiger partial charge is 0.300 e. The minimum absolute atomic E-state index is 0.0221. The molecule has 162 valence electrons. The van der Waals surface area contributed by atoms with E-state index in [0.29, 0.717) is 28.3 Å². The van der Waals surface area contributed by atoms with Crippen LogP contribution in [-0.4, -0.2) is 36.0 Å². The Labute approximate surface area is 185 Å². The maximum atomic E-state index is 13.2. The van der Waals surface area contributed by atoms with Crippen LogP contribution in [0.5, 0.6) is 11.5 Å². The number of aryl methyl sites for hydroxylation is 1. The van der Waals surface area contributed by atoms with Crippen LogP contribution in [0.3, 0.4) is 0 Å². The van der Waals surface area contributed by atoms with Crippen LogP contribution in [0.1, 0.15) is 22.7 Å². The van der Waals surface area contributed by atoms with Crippen molar-refractivity contribution in [2.75, 3.05) is 19.1 Å². The maximum absolute atomic E-state index is 13.2. The number of aliphatic hydroxyl groups excluding tert-OH is 1. The lowest BCUT2D eigenvalue weighted by atomic mass is 9.94. The molecule has 1 fully saturated rings. The lowest BCUT2D eigenvalue weighted by Crippen LogP contribution is -2.29. The molecule has 0 radical (unpaired) electrons. The zero-order chi connectivity index (χ0) is 22.8. The monoisotopic (exact) mass is 430 g/mol. The van der Waals surface area contributed by atoms with Crippen molar-refractivity contribution in [2.24, 2.45) is 0 Å². The van der Waals surface area contributed by atoms with E-state index in [2.05, 4.69) is 4.98 Å². The Morgan fingerprint density at radius 3 is 2.41 bits per heavy atom. The van der Waals surface area contributed by atoms with Crippen molar-refractivity contribution in [1.82, 2.24) is 4.98 Å². The summed E-state index contributed by atoms with van der Waals surface area (Å²) in [5, 5.41) is 11.2. The minimum atomic E-state index is -0.915. The van der Waals surface area contributed by atoms with Gasteiger partial charge >= 0.3 is 0 Å². The third-order valence-electron chi connectivity index (χ3n) is 5.43. The number of hydrogen-bond donors (Lipinski definition) is 1. The highest BCUT2D eigenvalue weighted by Crippen LogP contribution is 2.45. The summed E-state index contributed by atoms with van der Waals surface area (Å²) in [6.45, 7) is 1.92. The predicted molar refractivity (Wildman–Crippen MR) is 120 cm³/mol. The molecule has 0 spiro atoms. The number of amides is 1. The molecule has 7 heteroatoms. The highest BCUT2D eigenvalue weighted by Gasteiger charge is 2.48. The lowest BCUT2D eigenvalue weighted by Gasteiger charge is -2.26. The number of ketones is 1. The highest BCUT2D eigenvalue weighted by molar-refractivity contribution is 6.51. The van der Waals surface area contributed by atoms with Crippen molar-refractivity contribution >= 4 is 23.1 Å². The maximum Gasteiger partial charge on any atom is 0.300 e. The van der Waals surface area contributed by atoms with Gasteiger partial charge in [-0.1, -0.05) is 29.8 Å². The van der Waals surface area contributed by atoms with Crippen LogP contribution in [0.25, 0.3) is 5.76 Å². The molecule has 1 atom stereocenters. The van der Waals surface area contributed by atoms with Gasteiger partial charge in [-0.25, -0.2) is 0 Å². The third kappa shape index (κ3) is 3.58. The van der Waals surface area contributed by atoms with Crippen molar-refractivity contribution in [1.29, 1.82) is 0 Å². The second kappa shape index (κ2) is 8.55. The fourth-order valence-electron chi connectivity index (χ4n) is 3.80. The Balaban J connectivity index is 1.98. The topological polar surface area (TPSA) is 89.0 Å². The number of Topliss-reactive ketones (excluding diaryl/α,β-unsaturated/α-hetero) is 1. The van der Waals surface area contributed by atoms with Gasteiger partial charge in [0.1, 0.15) is 17.3 Å².